The summed E-state index contributed by atoms with van der Waals surface area (Å²) in [5.74, 6) is 0.841. The molecule has 0 aliphatic carbocycles. The van der Waals surface area contributed by atoms with Gasteiger partial charge in [0.1, 0.15) is 12.4 Å². The van der Waals surface area contributed by atoms with Gasteiger partial charge >= 0.3 is 0 Å². The van der Waals surface area contributed by atoms with Gasteiger partial charge in [-0.25, -0.2) is 4.98 Å². The zero-order valence-electron chi connectivity index (χ0n) is 11.3. The third-order valence-electron chi connectivity index (χ3n) is 3.28. The van der Waals surface area contributed by atoms with Crippen molar-refractivity contribution in [2.24, 2.45) is 5.73 Å². The van der Waals surface area contributed by atoms with E-state index in [9.17, 15) is 0 Å². The molecule has 2 aromatic heterocycles. The summed E-state index contributed by atoms with van der Waals surface area (Å²) in [6.45, 7) is 2.56. The number of benzene rings is 1. The minimum atomic E-state index is 0.101. The summed E-state index contributed by atoms with van der Waals surface area (Å²) < 4.78 is 7.75. The summed E-state index contributed by atoms with van der Waals surface area (Å²) in [4.78, 5) is 5.48. The fourth-order valence-electron chi connectivity index (χ4n) is 2.05. The molecule has 1 aromatic carbocycles. The fourth-order valence-corrected chi connectivity index (χ4v) is 2.77. The molecular formula is C15H17N3OS. The number of nitrogens with zero attached hydrogens (tertiary/aromatic N) is 2. The van der Waals surface area contributed by atoms with Crippen LogP contribution in [0.5, 0.6) is 5.75 Å². The van der Waals surface area contributed by atoms with Crippen molar-refractivity contribution in [1.82, 2.24) is 9.38 Å². The maximum atomic E-state index is 5.99. The highest BCUT2D eigenvalue weighted by atomic mass is 32.1. The first kappa shape index (κ1) is 13.1. The number of ether oxygens (including phenoxy) is 1. The minimum absolute atomic E-state index is 0.101. The first-order chi connectivity index (χ1) is 9.76. The van der Waals surface area contributed by atoms with Gasteiger partial charge < -0.3 is 10.5 Å². The van der Waals surface area contributed by atoms with Crippen LogP contribution in [0.1, 0.15) is 30.6 Å². The first-order valence-corrected chi connectivity index (χ1v) is 7.53. The van der Waals surface area contributed by atoms with Gasteiger partial charge in [0.15, 0.2) is 4.96 Å². The van der Waals surface area contributed by atoms with Crippen LogP contribution in [0, 0.1) is 0 Å². The number of hydrogen-bond donors (Lipinski definition) is 1. The highest BCUT2D eigenvalue weighted by molar-refractivity contribution is 7.15. The Morgan fingerprint density at radius 1 is 1.35 bits per heavy atom. The number of imidazole rings is 1. The Labute approximate surface area is 121 Å². The Balaban J connectivity index is 1.64. The molecule has 0 aliphatic heterocycles. The summed E-state index contributed by atoms with van der Waals surface area (Å²) in [5, 5.41) is 2.02. The van der Waals surface area contributed by atoms with E-state index in [1.165, 1.54) is 0 Å². The molecule has 0 fully saturated rings. The van der Waals surface area contributed by atoms with Gasteiger partial charge in [-0.15, -0.1) is 11.3 Å². The molecule has 104 valence electrons. The van der Waals surface area contributed by atoms with Gasteiger partial charge in [-0.05, 0) is 24.1 Å². The molecule has 0 bridgehead atoms. The number of fused-ring (bicyclic) bond motifs is 1. The van der Waals surface area contributed by atoms with E-state index in [0.29, 0.717) is 6.61 Å². The lowest BCUT2D eigenvalue weighted by Gasteiger charge is -2.10. The second-order valence-corrected chi connectivity index (χ2v) is 5.57. The summed E-state index contributed by atoms with van der Waals surface area (Å²) in [6.07, 6.45) is 4.93. The Morgan fingerprint density at radius 2 is 2.15 bits per heavy atom. The molecular weight excluding hydrogens is 270 g/mol. The quantitative estimate of drug-likeness (QED) is 0.782. The van der Waals surface area contributed by atoms with Crippen molar-refractivity contribution in [2.75, 3.05) is 0 Å². The van der Waals surface area contributed by atoms with Crippen LogP contribution < -0.4 is 10.5 Å². The summed E-state index contributed by atoms with van der Waals surface area (Å²) in [6, 6.07) is 8.07. The first-order valence-electron chi connectivity index (χ1n) is 6.65. The van der Waals surface area contributed by atoms with Crippen molar-refractivity contribution in [3.8, 4) is 5.75 Å². The van der Waals surface area contributed by atoms with Crippen LogP contribution in [0.15, 0.2) is 42.0 Å². The van der Waals surface area contributed by atoms with E-state index < -0.39 is 0 Å². The van der Waals surface area contributed by atoms with Crippen LogP contribution >= 0.6 is 11.3 Å². The van der Waals surface area contributed by atoms with Crippen molar-refractivity contribution < 1.29 is 4.74 Å². The SMILES string of the molecule is CC[C@@H](N)c1ccc(OCc2cn3ccsc3n2)cc1. The van der Waals surface area contributed by atoms with Crippen LogP contribution in [0.25, 0.3) is 4.96 Å². The van der Waals surface area contributed by atoms with Crippen molar-refractivity contribution in [2.45, 2.75) is 26.0 Å². The molecule has 0 spiro atoms. The van der Waals surface area contributed by atoms with E-state index in [4.69, 9.17) is 10.5 Å². The molecule has 2 heterocycles. The molecule has 3 rings (SSSR count). The monoisotopic (exact) mass is 287 g/mol. The Bertz CT molecular complexity index is 658. The molecule has 0 radical (unpaired) electrons. The maximum absolute atomic E-state index is 5.99. The van der Waals surface area contributed by atoms with E-state index in [-0.39, 0.29) is 6.04 Å². The van der Waals surface area contributed by atoms with E-state index >= 15 is 0 Å². The predicted octanol–water partition coefficient (Wildman–Crippen LogP) is 3.38. The van der Waals surface area contributed by atoms with Gasteiger partial charge in [-0.1, -0.05) is 19.1 Å². The second-order valence-electron chi connectivity index (χ2n) is 4.70. The molecule has 0 saturated carbocycles. The van der Waals surface area contributed by atoms with Gasteiger partial charge in [0.05, 0.1) is 5.69 Å². The van der Waals surface area contributed by atoms with Crippen molar-refractivity contribution in [3.63, 3.8) is 0 Å². The van der Waals surface area contributed by atoms with Crippen LogP contribution in [-0.2, 0) is 6.61 Å². The van der Waals surface area contributed by atoms with Crippen molar-refractivity contribution in [1.29, 1.82) is 0 Å². The third-order valence-corrected chi connectivity index (χ3v) is 4.05. The Morgan fingerprint density at radius 3 is 2.85 bits per heavy atom. The largest absolute Gasteiger partial charge is 0.487 e. The standard InChI is InChI=1S/C15H17N3OS/c1-2-14(16)11-3-5-13(6-4-11)19-10-12-9-18-7-8-20-15(18)17-12/h3-9,14H,2,10,16H2,1H3/t14-/m1/s1. The van der Waals surface area contributed by atoms with E-state index in [1.54, 1.807) is 11.3 Å². The van der Waals surface area contributed by atoms with E-state index in [1.807, 2.05) is 46.4 Å². The lowest BCUT2D eigenvalue weighted by molar-refractivity contribution is 0.302. The van der Waals surface area contributed by atoms with E-state index in [0.717, 1.165) is 28.4 Å². The predicted molar refractivity (Wildman–Crippen MR) is 81.1 cm³/mol. The summed E-state index contributed by atoms with van der Waals surface area (Å²) in [5.41, 5.74) is 8.07. The summed E-state index contributed by atoms with van der Waals surface area (Å²) >= 11 is 1.62. The molecule has 0 unspecified atom stereocenters. The van der Waals surface area contributed by atoms with Crippen molar-refractivity contribution in [3.05, 3.63) is 53.3 Å². The maximum Gasteiger partial charge on any atom is 0.193 e. The molecule has 4 nitrogen and oxygen atoms in total. The molecule has 3 aromatic rings. The molecule has 0 saturated heterocycles. The van der Waals surface area contributed by atoms with Crippen LogP contribution in [-0.4, -0.2) is 9.38 Å². The fraction of sp³-hybridized carbons (Fsp3) is 0.267. The molecule has 5 heteroatoms. The van der Waals surface area contributed by atoms with Crippen LogP contribution in [0.2, 0.25) is 0 Å². The summed E-state index contributed by atoms with van der Waals surface area (Å²) in [7, 11) is 0. The molecule has 1 atom stereocenters. The normalized spacial score (nSPS) is 12.7. The number of aromatic nitrogens is 2. The van der Waals surface area contributed by atoms with Gasteiger partial charge in [0.2, 0.25) is 0 Å². The molecule has 0 aliphatic rings. The lowest BCUT2D eigenvalue weighted by Crippen LogP contribution is -2.08. The molecule has 2 N–H and O–H groups in total. The van der Waals surface area contributed by atoms with Gasteiger partial charge in [-0.3, -0.25) is 4.40 Å². The number of nitrogens with two attached hydrogens (primary N) is 1. The Hall–Kier alpha value is -1.85. The third kappa shape index (κ3) is 2.69. The van der Waals surface area contributed by atoms with Gasteiger partial charge in [0.25, 0.3) is 0 Å². The highest BCUT2D eigenvalue weighted by Gasteiger charge is 2.05. The number of thiazole rings is 1. The van der Waals surface area contributed by atoms with Crippen LogP contribution in [0.3, 0.4) is 0 Å². The number of rotatable bonds is 5. The van der Waals surface area contributed by atoms with Gasteiger partial charge in [0, 0.05) is 23.8 Å². The van der Waals surface area contributed by atoms with Crippen LogP contribution in [0.4, 0.5) is 0 Å². The topological polar surface area (TPSA) is 52.5 Å². The van der Waals surface area contributed by atoms with Gasteiger partial charge in [-0.2, -0.15) is 0 Å². The smallest absolute Gasteiger partial charge is 0.193 e. The molecule has 0 amide bonds. The second kappa shape index (κ2) is 5.64. The highest BCUT2D eigenvalue weighted by Crippen LogP contribution is 2.19. The minimum Gasteiger partial charge on any atom is -0.487 e. The zero-order valence-corrected chi connectivity index (χ0v) is 12.1. The van der Waals surface area contributed by atoms with E-state index in [2.05, 4.69) is 11.9 Å². The number of hydrogen-bond acceptors (Lipinski definition) is 4. The molecule has 20 heavy (non-hydrogen) atoms. The average Bonchev–Trinajstić information content (AvgIpc) is 3.06. The van der Waals surface area contributed by atoms with Crippen molar-refractivity contribution >= 4 is 16.3 Å². The Kier molecular flexibility index (Phi) is 3.71. The zero-order chi connectivity index (χ0) is 13.9. The average molecular weight is 287 g/mol. The lowest BCUT2D eigenvalue weighted by atomic mass is 10.1.